The molecule has 6 nitrogen and oxygen atoms in total. The van der Waals surface area contributed by atoms with Crippen LogP contribution in [-0.2, 0) is 5.54 Å². The number of halogens is 2. The quantitative estimate of drug-likeness (QED) is 0.780. The van der Waals surface area contributed by atoms with Gasteiger partial charge in [0, 0.05) is 30.7 Å². The summed E-state index contributed by atoms with van der Waals surface area (Å²) in [6.07, 6.45) is 4.50. The predicted octanol–water partition coefficient (Wildman–Crippen LogP) is 4.04. The molecule has 1 aliphatic heterocycles. The van der Waals surface area contributed by atoms with Crippen LogP contribution >= 0.6 is 24.8 Å². The molecular formula is C21H33Cl2N5O. The van der Waals surface area contributed by atoms with E-state index in [0.717, 1.165) is 53.9 Å². The minimum atomic E-state index is -0.176. The van der Waals surface area contributed by atoms with Gasteiger partial charge in [0.25, 0.3) is 5.91 Å². The van der Waals surface area contributed by atoms with Gasteiger partial charge >= 0.3 is 0 Å². The van der Waals surface area contributed by atoms with Crippen molar-refractivity contribution in [2.24, 2.45) is 0 Å². The van der Waals surface area contributed by atoms with E-state index >= 15 is 0 Å². The van der Waals surface area contributed by atoms with Crippen LogP contribution in [0.4, 0.5) is 0 Å². The number of nitrogens with one attached hydrogen (secondary N) is 1. The van der Waals surface area contributed by atoms with E-state index in [1.807, 2.05) is 29.6 Å². The highest BCUT2D eigenvalue weighted by Crippen LogP contribution is 2.41. The minimum absolute atomic E-state index is 0. The van der Waals surface area contributed by atoms with Crippen LogP contribution in [0, 0.1) is 6.92 Å². The third kappa shape index (κ3) is 4.54. The van der Waals surface area contributed by atoms with E-state index < -0.39 is 0 Å². The van der Waals surface area contributed by atoms with E-state index in [2.05, 4.69) is 26.1 Å². The number of carbonyl (C=O) groups excluding carboxylic acids is 1. The van der Waals surface area contributed by atoms with Crippen LogP contribution in [0.25, 0.3) is 11.0 Å². The van der Waals surface area contributed by atoms with Gasteiger partial charge in [0.05, 0.1) is 22.2 Å². The third-order valence-electron chi connectivity index (χ3n) is 5.81. The predicted molar refractivity (Wildman–Crippen MR) is 122 cm³/mol. The molecule has 4 rings (SSSR count). The molecule has 2 aromatic rings. The van der Waals surface area contributed by atoms with Crippen LogP contribution in [0.15, 0.2) is 6.07 Å². The summed E-state index contributed by atoms with van der Waals surface area (Å²) in [6.45, 7) is 9.98. The Morgan fingerprint density at radius 2 is 1.90 bits per heavy atom. The molecule has 1 saturated carbocycles. The lowest BCUT2D eigenvalue weighted by Gasteiger charge is -2.33. The highest BCUT2D eigenvalue weighted by atomic mass is 35.5. The van der Waals surface area contributed by atoms with Crippen LogP contribution in [0.3, 0.4) is 0 Å². The van der Waals surface area contributed by atoms with Crippen molar-refractivity contribution < 1.29 is 4.79 Å². The largest absolute Gasteiger partial charge is 0.337 e. The van der Waals surface area contributed by atoms with Crippen LogP contribution in [0.2, 0.25) is 0 Å². The summed E-state index contributed by atoms with van der Waals surface area (Å²) in [5.74, 6) is 0.622. The maximum atomic E-state index is 13.5. The molecule has 1 N–H and O–H groups in total. The molecule has 2 aliphatic rings. The van der Waals surface area contributed by atoms with Crippen LogP contribution in [0.1, 0.15) is 74.1 Å². The molecule has 0 radical (unpaired) electrons. The van der Waals surface area contributed by atoms with Gasteiger partial charge in [-0.1, -0.05) is 0 Å². The molecule has 1 amide bonds. The second-order valence-corrected chi connectivity index (χ2v) is 9.11. The molecule has 0 aromatic carbocycles. The van der Waals surface area contributed by atoms with E-state index in [1.54, 1.807) is 0 Å². The van der Waals surface area contributed by atoms with Crippen molar-refractivity contribution in [2.75, 3.05) is 20.1 Å². The average molecular weight is 442 g/mol. The summed E-state index contributed by atoms with van der Waals surface area (Å²) in [4.78, 5) is 20.5. The number of aryl methyl sites for hydroxylation is 1. The molecule has 3 heterocycles. The van der Waals surface area contributed by atoms with Gasteiger partial charge in [-0.15, -0.1) is 24.8 Å². The number of likely N-dealkylation sites (N-methyl/N-ethyl adjacent to an activating group) is 1. The van der Waals surface area contributed by atoms with Gasteiger partial charge in [-0.3, -0.25) is 4.79 Å². The first-order chi connectivity index (χ1) is 12.8. The molecule has 29 heavy (non-hydrogen) atoms. The SMILES string of the molecule is CNC1CCCN(C(=O)c2cc(C3CC3)nc3c2c(C)nn3C(C)(C)C)C1.Cl.Cl. The summed E-state index contributed by atoms with van der Waals surface area (Å²) >= 11 is 0. The highest BCUT2D eigenvalue weighted by molar-refractivity contribution is 6.06. The third-order valence-corrected chi connectivity index (χ3v) is 5.81. The Bertz CT molecular complexity index is 885. The smallest absolute Gasteiger partial charge is 0.254 e. The van der Waals surface area contributed by atoms with Crippen molar-refractivity contribution >= 4 is 41.8 Å². The number of piperidine rings is 1. The van der Waals surface area contributed by atoms with Gasteiger partial charge < -0.3 is 10.2 Å². The number of fused-ring (bicyclic) bond motifs is 1. The number of likely N-dealkylation sites (tertiary alicyclic amines) is 1. The number of hydrogen-bond donors (Lipinski definition) is 1. The van der Waals surface area contributed by atoms with Crippen molar-refractivity contribution in [3.63, 3.8) is 0 Å². The van der Waals surface area contributed by atoms with Gasteiger partial charge in [0.2, 0.25) is 0 Å². The molecule has 162 valence electrons. The van der Waals surface area contributed by atoms with Crippen molar-refractivity contribution in [1.82, 2.24) is 25.0 Å². The zero-order chi connectivity index (χ0) is 19.3. The standard InChI is InChI=1S/C21H31N5O.2ClH/c1-13-18-16(20(27)25-10-6-7-15(12-25)22-5)11-17(14-8-9-14)23-19(18)26(24-13)21(2,3)4;;/h11,14-15,22H,6-10,12H2,1-5H3;2*1H. The topological polar surface area (TPSA) is 63.1 Å². The molecule has 1 unspecified atom stereocenters. The number of pyridine rings is 1. The van der Waals surface area contributed by atoms with E-state index in [4.69, 9.17) is 10.1 Å². The Balaban J connectivity index is 0.00000150. The molecule has 2 fully saturated rings. The van der Waals surface area contributed by atoms with Gasteiger partial charge in [-0.05, 0) is 66.5 Å². The molecule has 1 aliphatic carbocycles. The van der Waals surface area contributed by atoms with Gasteiger partial charge in [0.1, 0.15) is 0 Å². The Kier molecular flexibility index (Phi) is 7.24. The summed E-state index contributed by atoms with van der Waals surface area (Å²) < 4.78 is 1.99. The summed E-state index contributed by atoms with van der Waals surface area (Å²) in [5.41, 5.74) is 3.41. The fraction of sp³-hybridized carbons (Fsp3) is 0.667. The lowest BCUT2D eigenvalue weighted by Crippen LogP contribution is -2.47. The number of amides is 1. The fourth-order valence-electron chi connectivity index (χ4n) is 4.10. The first kappa shape index (κ1) is 23.9. The number of rotatable bonds is 3. The molecule has 0 bridgehead atoms. The maximum absolute atomic E-state index is 13.5. The van der Waals surface area contributed by atoms with Crippen LogP contribution < -0.4 is 5.32 Å². The molecular weight excluding hydrogens is 409 g/mol. The number of aromatic nitrogens is 3. The van der Waals surface area contributed by atoms with Crippen molar-refractivity contribution in [1.29, 1.82) is 0 Å². The number of nitrogens with zero attached hydrogens (tertiary/aromatic N) is 4. The van der Waals surface area contributed by atoms with Gasteiger partial charge in [0.15, 0.2) is 5.65 Å². The Morgan fingerprint density at radius 3 is 2.48 bits per heavy atom. The summed E-state index contributed by atoms with van der Waals surface area (Å²) in [6, 6.07) is 2.42. The summed E-state index contributed by atoms with van der Waals surface area (Å²) in [7, 11) is 1.98. The maximum Gasteiger partial charge on any atom is 0.254 e. The lowest BCUT2D eigenvalue weighted by molar-refractivity contribution is 0.0700. The molecule has 8 heteroatoms. The van der Waals surface area contributed by atoms with Crippen molar-refractivity contribution in [2.45, 2.75) is 70.9 Å². The molecule has 1 saturated heterocycles. The second kappa shape index (κ2) is 8.78. The van der Waals surface area contributed by atoms with E-state index in [-0.39, 0.29) is 36.3 Å². The molecule has 1 atom stereocenters. The van der Waals surface area contributed by atoms with Crippen LogP contribution in [-0.4, -0.2) is 51.8 Å². The van der Waals surface area contributed by atoms with Crippen molar-refractivity contribution in [3.8, 4) is 0 Å². The first-order valence-corrected chi connectivity index (χ1v) is 10.2. The zero-order valence-electron chi connectivity index (χ0n) is 18.0. The second-order valence-electron chi connectivity index (χ2n) is 9.11. The number of hydrogen-bond acceptors (Lipinski definition) is 4. The highest BCUT2D eigenvalue weighted by Gasteiger charge is 2.32. The lowest BCUT2D eigenvalue weighted by atomic mass is 10.0. The fourth-order valence-corrected chi connectivity index (χ4v) is 4.10. The summed E-state index contributed by atoms with van der Waals surface area (Å²) in [5, 5.41) is 9.02. The van der Waals surface area contributed by atoms with E-state index in [1.165, 1.54) is 12.8 Å². The van der Waals surface area contributed by atoms with E-state index in [0.29, 0.717) is 12.0 Å². The Labute approximate surface area is 185 Å². The van der Waals surface area contributed by atoms with Gasteiger partial charge in [-0.2, -0.15) is 5.10 Å². The first-order valence-electron chi connectivity index (χ1n) is 10.2. The molecule has 0 spiro atoms. The van der Waals surface area contributed by atoms with Crippen molar-refractivity contribution in [3.05, 3.63) is 23.0 Å². The average Bonchev–Trinajstić information content (AvgIpc) is 3.43. The normalized spacial score (nSPS) is 19.6. The Hall–Kier alpha value is -1.37. The molecule has 2 aromatic heterocycles. The van der Waals surface area contributed by atoms with Crippen LogP contribution in [0.5, 0.6) is 0 Å². The zero-order valence-corrected chi connectivity index (χ0v) is 19.6. The Morgan fingerprint density at radius 1 is 1.21 bits per heavy atom. The minimum Gasteiger partial charge on any atom is -0.337 e. The monoisotopic (exact) mass is 441 g/mol. The van der Waals surface area contributed by atoms with Gasteiger partial charge in [-0.25, -0.2) is 9.67 Å². The van der Waals surface area contributed by atoms with E-state index in [9.17, 15) is 4.79 Å². The number of carbonyl (C=O) groups is 1.